The number of carbonyl (C=O) groups excluding carboxylic acids is 1. The zero-order chi connectivity index (χ0) is 26.7. The first-order valence-corrected chi connectivity index (χ1v) is 12.6. The van der Waals surface area contributed by atoms with Crippen LogP contribution in [0.4, 0.5) is 4.79 Å². The maximum absolute atomic E-state index is 13.4. The molecule has 1 aliphatic rings. The Bertz CT molecular complexity index is 860. The van der Waals surface area contributed by atoms with Gasteiger partial charge in [0.1, 0.15) is 11.3 Å². The van der Waals surface area contributed by atoms with Crippen LogP contribution < -0.4 is 0 Å². The predicted octanol–water partition coefficient (Wildman–Crippen LogP) is 6.25. The molecule has 3 atom stereocenters. The molecule has 1 amide bonds. The number of ether oxygens (including phenoxy) is 3. The summed E-state index contributed by atoms with van der Waals surface area (Å²) in [6, 6.07) is 9.55. The second-order valence-corrected chi connectivity index (χ2v) is 12.1. The van der Waals surface area contributed by atoms with Gasteiger partial charge in [-0.05, 0) is 71.8 Å². The van der Waals surface area contributed by atoms with Gasteiger partial charge < -0.3 is 19.3 Å². The Labute approximate surface area is 211 Å². The number of carboxylic acid groups (broad SMARTS) is 1. The van der Waals surface area contributed by atoms with E-state index in [-0.39, 0.29) is 5.41 Å². The molecule has 0 aromatic heterocycles. The summed E-state index contributed by atoms with van der Waals surface area (Å²) >= 11 is 0. The second kappa shape index (κ2) is 10.9. The van der Waals surface area contributed by atoms with E-state index in [4.69, 9.17) is 14.2 Å². The van der Waals surface area contributed by atoms with Gasteiger partial charge in [0.05, 0.1) is 24.2 Å². The normalized spacial score (nSPS) is 22.0. The first kappa shape index (κ1) is 29.1. The van der Waals surface area contributed by atoms with Gasteiger partial charge in [-0.3, -0.25) is 9.69 Å². The van der Waals surface area contributed by atoms with Crippen LogP contribution in [0.2, 0.25) is 0 Å². The van der Waals surface area contributed by atoms with Gasteiger partial charge in [0.25, 0.3) is 0 Å². The van der Waals surface area contributed by atoms with Crippen LogP contribution >= 0.6 is 0 Å². The number of aliphatic carboxylic acids is 1. The van der Waals surface area contributed by atoms with Gasteiger partial charge in [-0.1, -0.05) is 51.1 Å². The molecule has 0 radical (unpaired) electrons. The Morgan fingerprint density at radius 1 is 1.09 bits per heavy atom. The van der Waals surface area contributed by atoms with Gasteiger partial charge in [0.15, 0.2) is 0 Å². The quantitative estimate of drug-likeness (QED) is 0.389. The van der Waals surface area contributed by atoms with Gasteiger partial charge in [0, 0.05) is 6.61 Å². The fourth-order valence-corrected chi connectivity index (χ4v) is 4.66. The molecule has 1 aliphatic heterocycles. The standard InChI is InChI=1S/C28H45NO6/c1-10-28(9,23(30)31)22-21(29(27(7,8)34-22)24(32)35-25(2,3)4)18-26(5,6)16-17-33-19-20-14-12-11-13-15-20/h11-15,21-22H,10,16-19H2,1-9H3,(H,30,31)/t21-,22+,28+/m0/s1. The molecule has 0 spiro atoms. The Hall–Kier alpha value is -2.12. The molecule has 1 aromatic carbocycles. The van der Waals surface area contributed by atoms with Crippen molar-refractivity contribution in [2.75, 3.05) is 6.61 Å². The minimum atomic E-state index is -1.15. The van der Waals surface area contributed by atoms with E-state index in [0.717, 1.165) is 12.0 Å². The van der Waals surface area contributed by atoms with Gasteiger partial charge in [-0.15, -0.1) is 0 Å². The average Bonchev–Trinajstić information content (AvgIpc) is 2.99. The van der Waals surface area contributed by atoms with E-state index in [1.807, 2.05) is 58.0 Å². The van der Waals surface area contributed by atoms with E-state index < -0.39 is 40.9 Å². The van der Waals surface area contributed by atoms with Crippen molar-refractivity contribution in [1.82, 2.24) is 4.90 Å². The molecule has 0 bridgehead atoms. The third kappa shape index (κ3) is 7.43. The van der Waals surface area contributed by atoms with Gasteiger partial charge in [-0.2, -0.15) is 0 Å². The van der Waals surface area contributed by atoms with E-state index in [1.54, 1.807) is 25.7 Å². The van der Waals surface area contributed by atoms with Crippen molar-refractivity contribution in [1.29, 1.82) is 0 Å². The summed E-state index contributed by atoms with van der Waals surface area (Å²) in [7, 11) is 0. The van der Waals surface area contributed by atoms with Gasteiger partial charge >= 0.3 is 12.1 Å². The number of benzene rings is 1. The lowest BCUT2D eigenvalue weighted by Crippen LogP contribution is -2.53. The highest BCUT2D eigenvalue weighted by molar-refractivity contribution is 5.76. The molecule has 0 unspecified atom stereocenters. The van der Waals surface area contributed by atoms with E-state index in [2.05, 4.69) is 13.8 Å². The highest BCUT2D eigenvalue weighted by Gasteiger charge is 2.59. The fourth-order valence-electron chi connectivity index (χ4n) is 4.66. The van der Waals surface area contributed by atoms with Crippen LogP contribution in [0.5, 0.6) is 0 Å². The zero-order valence-corrected chi connectivity index (χ0v) is 23.0. The van der Waals surface area contributed by atoms with Crippen LogP contribution in [-0.4, -0.2) is 52.1 Å². The fraction of sp³-hybridized carbons (Fsp3) is 0.714. The van der Waals surface area contributed by atoms with Gasteiger partial charge in [-0.25, -0.2) is 4.79 Å². The maximum Gasteiger partial charge on any atom is 0.412 e. The van der Waals surface area contributed by atoms with Crippen molar-refractivity contribution in [3.05, 3.63) is 35.9 Å². The number of nitrogens with zero attached hydrogens (tertiary/aromatic N) is 1. The second-order valence-electron chi connectivity index (χ2n) is 12.1. The third-order valence-corrected chi connectivity index (χ3v) is 6.91. The Kier molecular flexibility index (Phi) is 9.04. The topological polar surface area (TPSA) is 85.3 Å². The summed E-state index contributed by atoms with van der Waals surface area (Å²) in [5.41, 5.74) is -1.97. The Morgan fingerprint density at radius 2 is 1.69 bits per heavy atom. The number of hydrogen-bond donors (Lipinski definition) is 1. The molecule has 1 N–H and O–H groups in total. The molecule has 35 heavy (non-hydrogen) atoms. The van der Waals surface area contributed by atoms with Crippen LogP contribution in [-0.2, 0) is 25.6 Å². The number of amides is 1. The smallest absolute Gasteiger partial charge is 0.412 e. The van der Waals surface area contributed by atoms with E-state index in [9.17, 15) is 14.7 Å². The summed E-state index contributed by atoms with van der Waals surface area (Å²) in [6.07, 6.45) is 0.508. The lowest BCUT2D eigenvalue weighted by Gasteiger charge is -2.40. The first-order chi connectivity index (χ1) is 16.0. The Balaban J connectivity index is 2.27. The average molecular weight is 492 g/mol. The molecule has 1 aromatic rings. The molecule has 2 rings (SSSR count). The van der Waals surface area contributed by atoms with Crippen molar-refractivity contribution in [3.8, 4) is 0 Å². The molecule has 1 heterocycles. The lowest BCUT2D eigenvalue weighted by molar-refractivity contribution is -0.163. The van der Waals surface area contributed by atoms with Crippen molar-refractivity contribution < 1.29 is 28.9 Å². The predicted molar refractivity (Wildman–Crippen MR) is 136 cm³/mol. The van der Waals surface area contributed by atoms with Crippen LogP contribution in [0.3, 0.4) is 0 Å². The number of carboxylic acids is 1. The van der Waals surface area contributed by atoms with Crippen molar-refractivity contribution in [2.24, 2.45) is 10.8 Å². The largest absolute Gasteiger partial charge is 0.481 e. The summed E-state index contributed by atoms with van der Waals surface area (Å²) in [5, 5.41) is 10.1. The maximum atomic E-state index is 13.4. The summed E-state index contributed by atoms with van der Waals surface area (Å²) in [6.45, 7) is 18.0. The zero-order valence-electron chi connectivity index (χ0n) is 23.0. The van der Waals surface area contributed by atoms with Crippen molar-refractivity contribution in [3.63, 3.8) is 0 Å². The summed E-state index contributed by atoms with van der Waals surface area (Å²) in [4.78, 5) is 27.4. The minimum Gasteiger partial charge on any atom is -0.481 e. The first-order valence-electron chi connectivity index (χ1n) is 12.6. The monoisotopic (exact) mass is 491 g/mol. The van der Waals surface area contributed by atoms with Crippen LogP contribution in [0.1, 0.15) is 87.1 Å². The van der Waals surface area contributed by atoms with E-state index >= 15 is 0 Å². The molecule has 198 valence electrons. The number of rotatable bonds is 10. The number of carbonyl (C=O) groups is 2. The van der Waals surface area contributed by atoms with E-state index in [0.29, 0.717) is 26.1 Å². The third-order valence-electron chi connectivity index (χ3n) is 6.91. The molecule has 7 nitrogen and oxygen atoms in total. The lowest BCUT2D eigenvalue weighted by atomic mass is 9.73. The minimum absolute atomic E-state index is 0.239. The molecule has 0 saturated carbocycles. The SMILES string of the molecule is CC[C@@](C)(C(=O)O)[C@@H]1OC(C)(C)N(C(=O)OC(C)(C)C)[C@H]1CC(C)(C)CCOCc1ccccc1. The van der Waals surface area contributed by atoms with Crippen molar-refractivity contribution in [2.45, 2.75) is 112 Å². The van der Waals surface area contributed by atoms with Crippen LogP contribution in [0.25, 0.3) is 0 Å². The molecule has 1 saturated heterocycles. The highest BCUT2D eigenvalue weighted by Crippen LogP contribution is 2.47. The number of hydrogen-bond acceptors (Lipinski definition) is 5. The van der Waals surface area contributed by atoms with Crippen LogP contribution in [0, 0.1) is 10.8 Å². The molecular weight excluding hydrogens is 446 g/mol. The van der Waals surface area contributed by atoms with Gasteiger partial charge in [0.2, 0.25) is 0 Å². The molecule has 7 heteroatoms. The summed E-state index contributed by atoms with van der Waals surface area (Å²) < 4.78 is 18.0. The van der Waals surface area contributed by atoms with E-state index in [1.165, 1.54) is 0 Å². The summed E-state index contributed by atoms with van der Waals surface area (Å²) in [5.74, 6) is -0.930. The Morgan fingerprint density at radius 3 is 2.20 bits per heavy atom. The van der Waals surface area contributed by atoms with Crippen LogP contribution in [0.15, 0.2) is 30.3 Å². The molecular formula is C28H45NO6. The highest BCUT2D eigenvalue weighted by atomic mass is 16.6. The van der Waals surface area contributed by atoms with Crippen molar-refractivity contribution >= 4 is 12.1 Å². The molecule has 1 fully saturated rings. The molecule has 0 aliphatic carbocycles.